The normalized spacial score (nSPS) is 10.4. The predicted molar refractivity (Wildman–Crippen MR) is 59.6 cm³/mol. The van der Waals surface area contributed by atoms with Gasteiger partial charge in [0.05, 0.1) is 5.69 Å². The first-order valence-electron chi connectivity index (χ1n) is 4.57. The summed E-state index contributed by atoms with van der Waals surface area (Å²) in [6.45, 7) is 1.74. The van der Waals surface area contributed by atoms with Gasteiger partial charge >= 0.3 is 0 Å². The minimum atomic E-state index is -0.649. The molecule has 2 N–H and O–H groups in total. The summed E-state index contributed by atoms with van der Waals surface area (Å²) in [5.41, 5.74) is 5.84. The lowest BCUT2D eigenvalue weighted by Crippen LogP contribution is -2.13. The first-order chi connectivity index (χ1) is 7.58. The van der Waals surface area contributed by atoms with Crippen LogP contribution in [0.25, 0.3) is 5.69 Å². The molecule has 0 spiro atoms. The number of hydrogen-bond donors (Lipinski definition) is 1. The summed E-state index contributed by atoms with van der Waals surface area (Å²) >= 11 is 5.86. The van der Waals surface area contributed by atoms with E-state index >= 15 is 0 Å². The minimum absolute atomic E-state index is 0.00234. The third-order valence-corrected chi connectivity index (χ3v) is 2.28. The lowest BCUT2D eigenvalue weighted by molar-refractivity contribution is 0.0990. The Morgan fingerprint density at radius 2 is 2.25 bits per heavy atom. The van der Waals surface area contributed by atoms with E-state index in [9.17, 15) is 4.79 Å². The molecule has 0 saturated carbocycles. The first kappa shape index (κ1) is 10.6. The van der Waals surface area contributed by atoms with Gasteiger partial charge in [-0.1, -0.05) is 17.7 Å². The van der Waals surface area contributed by atoms with E-state index in [2.05, 4.69) is 10.1 Å². The van der Waals surface area contributed by atoms with Gasteiger partial charge in [0.15, 0.2) is 0 Å². The summed E-state index contributed by atoms with van der Waals surface area (Å²) in [7, 11) is 0. The van der Waals surface area contributed by atoms with Crippen LogP contribution >= 0.6 is 11.6 Å². The Bertz CT molecular complexity index is 550. The zero-order chi connectivity index (χ0) is 11.7. The highest BCUT2D eigenvalue weighted by Gasteiger charge is 2.11. The first-order valence-corrected chi connectivity index (χ1v) is 4.95. The van der Waals surface area contributed by atoms with Gasteiger partial charge in [0.2, 0.25) is 5.82 Å². The standard InChI is InChI=1S/C10H9ClN4O/c1-6-13-10(9(12)16)14-15(6)8-4-2-3-7(11)5-8/h2-5H,1H3,(H2,12,16). The summed E-state index contributed by atoms with van der Waals surface area (Å²) in [5.74, 6) is -0.0718. The van der Waals surface area contributed by atoms with Crippen LogP contribution in [0.3, 0.4) is 0 Å². The molecule has 0 aliphatic heterocycles. The highest BCUT2D eigenvalue weighted by molar-refractivity contribution is 6.30. The zero-order valence-electron chi connectivity index (χ0n) is 8.51. The number of hydrogen-bond acceptors (Lipinski definition) is 3. The lowest BCUT2D eigenvalue weighted by atomic mass is 10.3. The molecule has 0 bridgehead atoms. The van der Waals surface area contributed by atoms with Gasteiger partial charge in [-0.2, -0.15) is 0 Å². The maximum Gasteiger partial charge on any atom is 0.288 e. The third-order valence-electron chi connectivity index (χ3n) is 2.04. The van der Waals surface area contributed by atoms with Gasteiger partial charge in [0.1, 0.15) is 5.82 Å². The number of nitrogens with two attached hydrogens (primary N) is 1. The Balaban J connectivity index is 2.52. The van der Waals surface area contributed by atoms with Gasteiger partial charge in [0.25, 0.3) is 5.91 Å². The number of nitrogens with zero attached hydrogens (tertiary/aromatic N) is 3. The maximum absolute atomic E-state index is 10.9. The van der Waals surface area contributed by atoms with E-state index < -0.39 is 5.91 Å². The number of carbonyl (C=O) groups excluding carboxylic acids is 1. The van der Waals surface area contributed by atoms with E-state index in [1.54, 1.807) is 25.1 Å². The van der Waals surface area contributed by atoms with Crippen molar-refractivity contribution in [3.05, 3.63) is 40.9 Å². The van der Waals surface area contributed by atoms with Crippen LogP contribution in [-0.4, -0.2) is 20.7 Å². The zero-order valence-corrected chi connectivity index (χ0v) is 9.27. The molecular formula is C10H9ClN4O. The van der Waals surface area contributed by atoms with Crippen LogP contribution in [0.2, 0.25) is 5.02 Å². The Kier molecular flexibility index (Phi) is 2.62. The highest BCUT2D eigenvalue weighted by Crippen LogP contribution is 2.15. The fourth-order valence-electron chi connectivity index (χ4n) is 1.35. The van der Waals surface area contributed by atoms with Crippen LogP contribution in [-0.2, 0) is 0 Å². The van der Waals surface area contributed by atoms with E-state index in [1.165, 1.54) is 4.68 Å². The molecule has 0 unspecified atom stereocenters. The quantitative estimate of drug-likeness (QED) is 0.855. The molecule has 1 amide bonds. The van der Waals surface area contributed by atoms with Gasteiger partial charge in [-0.25, -0.2) is 9.67 Å². The Labute approximate surface area is 96.8 Å². The van der Waals surface area contributed by atoms with E-state index in [-0.39, 0.29) is 5.82 Å². The van der Waals surface area contributed by atoms with Crippen molar-refractivity contribution in [1.82, 2.24) is 14.8 Å². The molecule has 0 fully saturated rings. The van der Waals surface area contributed by atoms with Crippen LogP contribution < -0.4 is 5.73 Å². The number of amides is 1. The largest absolute Gasteiger partial charge is 0.363 e. The Morgan fingerprint density at radius 1 is 1.50 bits per heavy atom. The van der Waals surface area contributed by atoms with Crippen LogP contribution in [0.15, 0.2) is 24.3 Å². The van der Waals surface area contributed by atoms with Gasteiger partial charge in [-0.3, -0.25) is 4.79 Å². The fourth-order valence-corrected chi connectivity index (χ4v) is 1.53. The monoisotopic (exact) mass is 236 g/mol. The van der Waals surface area contributed by atoms with Gasteiger partial charge < -0.3 is 5.73 Å². The second-order valence-corrected chi connectivity index (χ2v) is 3.67. The molecular weight excluding hydrogens is 228 g/mol. The molecule has 0 aliphatic rings. The van der Waals surface area contributed by atoms with Crippen LogP contribution in [0.4, 0.5) is 0 Å². The number of carbonyl (C=O) groups is 1. The van der Waals surface area contributed by atoms with Gasteiger partial charge in [-0.05, 0) is 25.1 Å². The second kappa shape index (κ2) is 3.94. The van der Waals surface area contributed by atoms with Crippen LogP contribution in [0.1, 0.15) is 16.4 Å². The lowest BCUT2D eigenvalue weighted by Gasteiger charge is -2.02. The van der Waals surface area contributed by atoms with E-state index in [1.807, 2.05) is 6.07 Å². The molecule has 2 rings (SSSR count). The topological polar surface area (TPSA) is 73.8 Å². The van der Waals surface area contributed by atoms with Gasteiger partial charge in [-0.15, -0.1) is 5.10 Å². The van der Waals surface area contributed by atoms with Crippen molar-refractivity contribution in [2.45, 2.75) is 6.92 Å². The second-order valence-electron chi connectivity index (χ2n) is 3.24. The summed E-state index contributed by atoms with van der Waals surface area (Å²) in [6, 6.07) is 7.10. The smallest absolute Gasteiger partial charge is 0.288 e. The van der Waals surface area contributed by atoms with Crippen molar-refractivity contribution in [3.8, 4) is 5.69 Å². The minimum Gasteiger partial charge on any atom is -0.363 e. The Hall–Kier alpha value is -1.88. The molecule has 6 heteroatoms. The SMILES string of the molecule is Cc1nc(C(N)=O)nn1-c1cccc(Cl)c1. The molecule has 1 aromatic carbocycles. The summed E-state index contributed by atoms with van der Waals surface area (Å²) in [5, 5.41) is 4.58. The molecule has 82 valence electrons. The molecule has 5 nitrogen and oxygen atoms in total. The third kappa shape index (κ3) is 1.90. The van der Waals surface area contributed by atoms with E-state index in [0.29, 0.717) is 10.8 Å². The number of aryl methyl sites for hydroxylation is 1. The van der Waals surface area contributed by atoms with Crippen molar-refractivity contribution in [2.75, 3.05) is 0 Å². The summed E-state index contributed by atoms with van der Waals surface area (Å²) in [6.07, 6.45) is 0. The van der Waals surface area contributed by atoms with Crippen molar-refractivity contribution >= 4 is 17.5 Å². The van der Waals surface area contributed by atoms with Crippen molar-refractivity contribution in [2.24, 2.45) is 5.73 Å². The van der Waals surface area contributed by atoms with Crippen molar-refractivity contribution in [3.63, 3.8) is 0 Å². The van der Waals surface area contributed by atoms with Gasteiger partial charge in [0, 0.05) is 5.02 Å². The van der Waals surface area contributed by atoms with E-state index in [0.717, 1.165) is 5.69 Å². The highest BCUT2D eigenvalue weighted by atomic mass is 35.5. The van der Waals surface area contributed by atoms with Crippen molar-refractivity contribution < 1.29 is 4.79 Å². The van der Waals surface area contributed by atoms with Crippen molar-refractivity contribution in [1.29, 1.82) is 0 Å². The predicted octanol–water partition coefficient (Wildman–Crippen LogP) is 1.33. The van der Waals surface area contributed by atoms with E-state index in [4.69, 9.17) is 17.3 Å². The molecule has 1 aromatic heterocycles. The summed E-state index contributed by atoms with van der Waals surface area (Å²) in [4.78, 5) is 14.9. The number of primary amides is 1. The number of rotatable bonds is 2. The average molecular weight is 237 g/mol. The fraction of sp³-hybridized carbons (Fsp3) is 0.100. The molecule has 1 heterocycles. The molecule has 0 saturated heterocycles. The maximum atomic E-state index is 10.9. The van der Waals surface area contributed by atoms with Crippen LogP contribution in [0.5, 0.6) is 0 Å². The number of aromatic nitrogens is 3. The van der Waals surface area contributed by atoms with Crippen LogP contribution in [0, 0.1) is 6.92 Å². The molecule has 0 aliphatic carbocycles. The summed E-state index contributed by atoms with van der Waals surface area (Å²) < 4.78 is 1.52. The molecule has 16 heavy (non-hydrogen) atoms. The Morgan fingerprint density at radius 3 is 2.81 bits per heavy atom. The number of benzene rings is 1. The molecule has 0 radical (unpaired) electrons. The average Bonchev–Trinajstić information content (AvgIpc) is 2.60. The number of halogens is 1. The molecule has 2 aromatic rings. The molecule has 0 atom stereocenters.